The second-order valence-electron chi connectivity index (χ2n) is 3.99. The highest BCUT2D eigenvalue weighted by Gasteiger charge is 2.13. The van der Waals surface area contributed by atoms with Crippen LogP contribution in [0.5, 0.6) is 0 Å². The molecule has 1 aliphatic heterocycles. The molecule has 1 aromatic rings. The Hall–Kier alpha value is -0.820. The van der Waals surface area contributed by atoms with E-state index in [1.54, 1.807) is 0 Å². The molecule has 0 bridgehead atoms. The van der Waals surface area contributed by atoms with E-state index in [0.29, 0.717) is 0 Å². The molecule has 1 aliphatic rings. The predicted octanol–water partition coefficient (Wildman–Crippen LogP) is 2.29. The molecule has 1 aromatic carbocycles. The molecule has 0 amide bonds. The Labute approximate surface area is 80.2 Å². The van der Waals surface area contributed by atoms with E-state index in [2.05, 4.69) is 36.5 Å². The summed E-state index contributed by atoms with van der Waals surface area (Å²) in [5.74, 6) is 0. The summed E-state index contributed by atoms with van der Waals surface area (Å²) in [5.41, 5.74) is 2.84. The van der Waals surface area contributed by atoms with Gasteiger partial charge in [-0.2, -0.15) is 0 Å². The Morgan fingerprint density at radius 2 is 2.38 bits per heavy atom. The van der Waals surface area contributed by atoms with Crippen LogP contribution in [0.15, 0.2) is 24.3 Å². The van der Waals surface area contributed by atoms with Crippen molar-refractivity contribution in [3.05, 3.63) is 35.4 Å². The van der Waals surface area contributed by atoms with Crippen LogP contribution in [0.2, 0.25) is 0 Å². The topological polar surface area (TPSA) is 12.0 Å². The van der Waals surface area contributed by atoms with E-state index in [-0.39, 0.29) is 0 Å². The Kier molecular flexibility index (Phi) is 2.65. The molecule has 1 nitrogen and oxygen atoms in total. The lowest BCUT2D eigenvalue weighted by molar-refractivity contribution is 0.603. The molecular weight excluding hydrogens is 158 g/mol. The lowest BCUT2D eigenvalue weighted by atomic mass is 10.0. The first-order valence-electron chi connectivity index (χ1n) is 5.13. The van der Waals surface area contributed by atoms with Crippen molar-refractivity contribution in [2.75, 3.05) is 6.54 Å². The summed E-state index contributed by atoms with van der Waals surface area (Å²) in [6.07, 6.45) is 3.88. The number of aryl methyl sites for hydroxylation is 1. The molecule has 0 unspecified atom stereocenters. The minimum absolute atomic E-state index is 0.724. The minimum Gasteiger partial charge on any atom is -0.314 e. The van der Waals surface area contributed by atoms with E-state index < -0.39 is 0 Å². The first-order valence-corrected chi connectivity index (χ1v) is 5.13. The van der Waals surface area contributed by atoms with Crippen LogP contribution >= 0.6 is 0 Å². The van der Waals surface area contributed by atoms with Crippen LogP contribution in [0.4, 0.5) is 0 Å². The third-order valence-corrected chi connectivity index (χ3v) is 2.73. The summed E-state index contributed by atoms with van der Waals surface area (Å²) in [5, 5.41) is 3.52. The maximum absolute atomic E-state index is 3.52. The molecule has 0 aromatic heterocycles. The highest BCUT2D eigenvalue weighted by atomic mass is 14.9. The van der Waals surface area contributed by atoms with Gasteiger partial charge in [-0.15, -0.1) is 0 Å². The van der Waals surface area contributed by atoms with Gasteiger partial charge in [-0.05, 0) is 38.3 Å². The smallest absolute Gasteiger partial charge is 0.0108 e. The first-order chi connectivity index (χ1) is 6.34. The largest absolute Gasteiger partial charge is 0.314 e. The lowest BCUT2D eigenvalue weighted by Crippen LogP contribution is -2.23. The van der Waals surface area contributed by atoms with Gasteiger partial charge in [0.25, 0.3) is 0 Å². The molecule has 1 N–H and O–H groups in total. The molecule has 2 rings (SSSR count). The average molecular weight is 175 g/mol. The molecule has 1 fully saturated rings. The van der Waals surface area contributed by atoms with E-state index in [0.717, 1.165) is 6.04 Å². The van der Waals surface area contributed by atoms with Crippen molar-refractivity contribution in [2.24, 2.45) is 0 Å². The monoisotopic (exact) mass is 175 g/mol. The van der Waals surface area contributed by atoms with Gasteiger partial charge in [-0.3, -0.25) is 0 Å². The van der Waals surface area contributed by atoms with Gasteiger partial charge in [0.1, 0.15) is 0 Å². The maximum atomic E-state index is 3.52. The van der Waals surface area contributed by atoms with Crippen molar-refractivity contribution >= 4 is 0 Å². The number of benzene rings is 1. The highest BCUT2D eigenvalue weighted by molar-refractivity contribution is 5.23. The Bertz CT molecular complexity index is 274. The van der Waals surface area contributed by atoms with Crippen molar-refractivity contribution in [3.63, 3.8) is 0 Å². The van der Waals surface area contributed by atoms with Gasteiger partial charge in [0, 0.05) is 6.04 Å². The lowest BCUT2D eigenvalue weighted by Gasteiger charge is -2.09. The van der Waals surface area contributed by atoms with E-state index >= 15 is 0 Å². The van der Waals surface area contributed by atoms with Gasteiger partial charge in [-0.25, -0.2) is 0 Å². The molecule has 70 valence electrons. The summed E-state index contributed by atoms with van der Waals surface area (Å²) >= 11 is 0. The van der Waals surface area contributed by atoms with Gasteiger partial charge in [-0.1, -0.05) is 29.8 Å². The second-order valence-corrected chi connectivity index (χ2v) is 3.99. The van der Waals surface area contributed by atoms with Crippen LogP contribution in [0.1, 0.15) is 24.0 Å². The molecule has 0 aliphatic carbocycles. The zero-order chi connectivity index (χ0) is 9.10. The average Bonchev–Trinajstić information content (AvgIpc) is 2.57. The summed E-state index contributed by atoms with van der Waals surface area (Å²) in [4.78, 5) is 0. The van der Waals surface area contributed by atoms with Gasteiger partial charge in [0.2, 0.25) is 0 Å². The SMILES string of the molecule is Cc1cccc(C[C@@H]2CCCN2)c1. The predicted molar refractivity (Wildman–Crippen MR) is 55.9 cm³/mol. The van der Waals surface area contributed by atoms with Crippen molar-refractivity contribution in [2.45, 2.75) is 32.2 Å². The molecule has 0 radical (unpaired) electrons. The number of hydrogen-bond donors (Lipinski definition) is 1. The standard InChI is InChI=1S/C12H17N/c1-10-4-2-5-11(8-10)9-12-6-3-7-13-12/h2,4-5,8,12-13H,3,6-7,9H2,1H3/t12-/m0/s1. The van der Waals surface area contributed by atoms with Gasteiger partial charge < -0.3 is 5.32 Å². The zero-order valence-corrected chi connectivity index (χ0v) is 8.22. The van der Waals surface area contributed by atoms with Crippen LogP contribution < -0.4 is 5.32 Å². The molecule has 1 atom stereocenters. The first kappa shape index (κ1) is 8.76. The highest BCUT2D eigenvalue weighted by Crippen LogP contribution is 2.12. The minimum atomic E-state index is 0.724. The van der Waals surface area contributed by atoms with Crippen LogP contribution in [0.25, 0.3) is 0 Å². The fourth-order valence-electron chi connectivity index (χ4n) is 2.05. The molecule has 13 heavy (non-hydrogen) atoms. The molecule has 0 saturated carbocycles. The van der Waals surface area contributed by atoms with Crippen molar-refractivity contribution in [3.8, 4) is 0 Å². The summed E-state index contributed by atoms with van der Waals surface area (Å²) in [7, 11) is 0. The Balaban J connectivity index is 2.00. The van der Waals surface area contributed by atoms with Gasteiger partial charge in [0.15, 0.2) is 0 Å². The van der Waals surface area contributed by atoms with E-state index in [9.17, 15) is 0 Å². The Morgan fingerprint density at radius 1 is 1.46 bits per heavy atom. The second kappa shape index (κ2) is 3.93. The van der Waals surface area contributed by atoms with Crippen LogP contribution in [-0.4, -0.2) is 12.6 Å². The summed E-state index contributed by atoms with van der Waals surface area (Å²) in [6.45, 7) is 3.36. The maximum Gasteiger partial charge on any atom is 0.0108 e. The number of rotatable bonds is 2. The summed E-state index contributed by atoms with van der Waals surface area (Å²) in [6, 6.07) is 9.56. The quantitative estimate of drug-likeness (QED) is 0.727. The van der Waals surface area contributed by atoms with Gasteiger partial charge in [0.05, 0.1) is 0 Å². The fraction of sp³-hybridized carbons (Fsp3) is 0.500. The molecule has 1 heterocycles. The zero-order valence-electron chi connectivity index (χ0n) is 8.22. The van der Waals surface area contributed by atoms with Crippen LogP contribution in [-0.2, 0) is 6.42 Å². The van der Waals surface area contributed by atoms with Crippen LogP contribution in [0, 0.1) is 6.92 Å². The number of hydrogen-bond acceptors (Lipinski definition) is 1. The number of nitrogens with one attached hydrogen (secondary N) is 1. The van der Waals surface area contributed by atoms with E-state index in [1.165, 1.54) is 36.9 Å². The van der Waals surface area contributed by atoms with Crippen molar-refractivity contribution in [1.29, 1.82) is 0 Å². The molecule has 1 saturated heterocycles. The van der Waals surface area contributed by atoms with Gasteiger partial charge >= 0.3 is 0 Å². The fourth-order valence-corrected chi connectivity index (χ4v) is 2.05. The third kappa shape index (κ3) is 2.31. The van der Waals surface area contributed by atoms with E-state index in [4.69, 9.17) is 0 Å². The molecular formula is C12H17N. The molecule has 1 heteroatoms. The van der Waals surface area contributed by atoms with E-state index in [1.807, 2.05) is 0 Å². The third-order valence-electron chi connectivity index (χ3n) is 2.73. The van der Waals surface area contributed by atoms with Crippen LogP contribution in [0.3, 0.4) is 0 Å². The van der Waals surface area contributed by atoms with Crippen molar-refractivity contribution in [1.82, 2.24) is 5.32 Å². The summed E-state index contributed by atoms with van der Waals surface area (Å²) < 4.78 is 0. The normalized spacial score (nSPS) is 22.1. The Morgan fingerprint density at radius 3 is 3.08 bits per heavy atom. The molecule has 0 spiro atoms. The van der Waals surface area contributed by atoms with Crippen molar-refractivity contribution < 1.29 is 0 Å².